The molecule has 0 aromatic carbocycles. The molecule has 0 aliphatic carbocycles. The number of hydrogen-bond donors (Lipinski definition) is 2. The van der Waals surface area contributed by atoms with Gasteiger partial charge in [0.1, 0.15) is 53.5 Å². The van der Waals surface area contributed by atoms with Crippen LogP contribution in [0.3, 0.4) is 0 Å². The highest BCUT2D eigenvalue weighted by Gasteiger charge is 2.37. The molecule has 8 unspecified atom stereocenters. The van der Waals surface area contributed by atoms with Gasteiger partial charge in [-0.2, -0.15) is 0 Å². The molecular weight excluding hydrogens is 466 g/mol. The fraction of sp³-hybridized carbons (Fsp3) is 1.00. The second kappa shape index (κ2) is 15.1. The van der Waals surface area contributed by atoms with E-state index < -0.39 is 72.0 Å². The van der Waals surface area contributed by atoms with E-state index in [9.17, 15) is 27.7 Å². The average Bonchev–Trinajstić information content (AvgIpc) is 2.66. The first-order chi connectivity index (χ1) is 14.3. The van der Waals surface area contributed by atoms with Gasteiger partial charge in [-0.25, -0.2) is 17.9 Å². The summed E-state index contributed by atoms with van der Waals surface area (Å²) in [6.07, 6.45) is -6.06. The molecule has 0 aromatic rings. The van der Waals surface area contributed by atoms with Gasteiger partial charge < -0.3 is 24.0 Å². The zero-order chi connectivity index (χ0) is 24.2. The van der Waals surface area contributed by atoms with Crippen LogP contribution in [0.1, 0.15) is 13.8 Å². The molecule has 17 heteroatoms. The van der Waals surface area contributed by atoms with E-state index in [2.05, 4.69) is 9.05 Å². The molecule has 8 atom stereocenters. The van der Waals surface area contributed by atoms with E-state index in [1.54, 1.807) is 0 Å². The van der Waals surface area contributed by atoms with Crippen molar-refractivity contribution in [2.75, 3.05) is 40.8 Å². The van der Waals surface area contributed by atoms with Crippen LogP contribution < -0.4 is 0 Å². The van der Waals surface area contributed by atoms with Gasteiger partial charge in [-0.15, -0.1) is 0 Å². The van der Waals surface area contributed by atoms with E-state index >= 15 is 0 Å². The second-order valence-corrected chi connectivity index (χ2v) is 9.15. The van der Waals surface area contributed by atoms with Gasteiger partial charge in [0.05, 0.1) is 13.2 Å². The predicted octanol–water partition coefficient (Wildman–Crippen LogP) is 1.01. The minimum absolute atomic E-state index is 0.215. The van der Waals surface area contributed by atoms with Crippen LogP contribution in [0.15, 0.2) is 0 Å². The Morgan fingerprint density at radius 1 is 0.806 bits per heavy atom. The molecular formula is C14H28B2F2O11P2. The maximum Gasteiger partial charge on any atom is 0.472 e. The molecule has 0 aliphatic heterocycles. The Morgan fingerprint density at radius 2 is 1.23 bits per heavy atom. The van der Waals surface area contributed by atoms with Crippen molar-refractivity contribution >= 4 is 31.3 Å². The van der Waals surface area contributed by atoms with Gasteiger partial charge in [0.15, 0.2) is 0 Å². The third kappa shape index (κ3) is 13.4. The maximum absolute atomic E-state index is 13.4. The van der Waals surface area contributed by atoms with Crippen molar-refractivity contribution in [3.63, 3.8) is 0 Å². The molecule has 0 bridgehead atoms. The van der Waals surface area contributed by atoms with Crippen LogP contribution in [0.5, 0.6) is 0 Å². The third-order valence-corrected chi connectivity index (χ3v) is 5.42. The van der Waals surface area contributed by atoms with Gasteiger partial charge in [0, 0.05) is 26.2 Å². The molecule has 0 aliphatic rings. The van der Waals surface area contributed by atoms with Crippen molar-refractivity contribution in [2.24, 2.45) is 0 Å². The molecule has 0 fully saturated rings. The number of alkyl halides is 2. The fourth-order valence-electron chi connectivity index (χ4n) is 2.16. The van der Waals surface area contributed by atoms with Crippen LogP contribution >= 0.6 is 15.6 Å². The molecule has 2 N–H and O–H groups in total. The van der Waals surface area contributed by atoms with Gasteiger partial charge in [0.2, 0.25) is 0 Å². The van der Waals surface area contributed by atoms with E-state index in [-0.39, 0.29) is 6.61 Å². The first-order valence-corrected chi connectivity index (χ1v) is 11.9. The van der Waals surface area contributed by atoms with E-state index in [1.807, 2.05) is 0 Å². The van der Waals surface area contributed by atoms with E-state index in [1.165, 1.54) is 21.0 Å². The van der Waals surface area contributed by atoms with Crippen molar-refractivity contribution in [1.82, 2.24) is 0 Å². The molecule has 180 valence electrons. The number of rotatable bonds is 18. The molecule has 4 radical (unpaired) electrons. The normalized spacial score (nSPS) is 21.9. The van der Waals surface area contributed by atoms with Gasteiger partial charge in [-0.05, 0) is 13.8 Å². The maximum atomic E-state index is 13.4. The molecule has 0 saturated carbocycles. The third-order valence-electron chi connectivity index (χ3n) is 3.41. The first kappa shape index (κ1) is 31.1. The zero-order valence-electron chi connectivity index (χ0n) is 17.7. The Kier molecular flexibility index (Phi) is 15.1. The quantitative estimate of drug-likeness (QED) is 0.209. The zero-order valence-corrected chi connectivity index (χ0v) is 19.5. The van der Waals surface area contributed by atoms with E-state index in [0.717, 1.165) is 7.11 Å². The highest BCUT2D eigenvalue weighted by atomic mass is 31.2. The average molecular weight is 494 g/mol. The van der Waals surface area contributed by atoms with Crippen LogP contribution in [-0.2, 0) is 41.4 Å². The van der Waals surface area contributed by atoms with Gasteiger partial charge in [-0.1, -0.05) is 0 Å². The number of ether oxygens (including phenoxy) is 3. The molecule has 11 nitrogen and oxygen atoms in total. The summed E-state index contributed by atoms with van der Waals surface area (Å²) in [5.41, 5.74) is 0. The summed E-state index contributed by atoms with van der Waals surface area (Å²) in [7, 11) is 3.48. The minimum atomic E-state index is -4.97. The predicted molar refractivity (Wildman–Crippen MR) is 106 cm³/mol. The van der Waals surface area contributed by atoms with Gasteiger partial charge >= 0.3 is 15.6 Å². The van der Waals surface area contributed by atoms with Crippen LogP contribution in [0.2, 0.25) is 0 Å². The van der Waals surface area contributed by atoms with Crippen LogP contribution in [-0.4, -0.2) is 103 Å². The number of hydrogen-bond acceptors (Lipinski definition) is 9. The van der Waals surface area contributed by atoms with Gasteiger partial charge in [-0.3, -0.25) is 18.1 Å². The lowest BCUT2D eigenvalue weighted by molar-refractivity contribution is -0.0936. The number of methoxy groups -OCH3 is 1. The van der Waals surface area contributed by atoms with Crippen molar-refractivity contribution in [3.05, 3.63) is 0 Å². The molecule has 31 heavy (non-hydrogen) atoms. The summed E-state index contributed by atoms with van der Waals surface area (Å²) in [6, 6.07) is -1.91. The largest absolute Gasteiger partial charge is 0.472 e. The van der Waals surface area contributed by atoms with Crippen molar-refractivity contribution < 1.29 is 60.0 Å². The smallest absolute Gasteiger partial charge is 0.382 e. The Hall–Kier alpha value is 0.0899. The lowest BCUT2D eigenvalue weighted by atomic mass is 10.0. The number of phosphoric ester groups is 2. The van der Waals surface area contributed by atoms with Crippen LogP contribution in [0.25, 0.3) is 0 Å². The topological polar surface area (TPSA) is 139 Å². The van der Waals surface area contributed by atoms with E-state index in [0.29, 0.717) is 0 Å². The Morgan fingerprint density at radius 3 is 1.58 bits per heavy atom. The standard InChI is InChI=1S/C14H28B2F2O11P2/c1-9(15)26-13(7-23-3)11(5-17)29-31(21,22)25-8-14(27-10(2)16)12(6-18)28-30(19,20)24-4/h9-14H,5-8H2,1-4H3,(H,19,20)(H,21,22). The van der Waals surface area contributed by atoms with Crippen molar-refractivity contribution in [2.45, 2.75) is 50.3 Å². The Labute approximate surface area is 183 Å². The highest BCUT2D eigenvalue weighted by Crippen LogP contribution is 2.47. The SMILES string of the molecule is [B]C(C)OC(COP(=O)(O)OC(CF)C(COC)OC([B])C)C(CF)OP(=O)(O)OC. The lowest BCUT2D eigenvalue weighted by Crippen LogP contribution is -2.40. The fourth-order valence-corrected chi connectivity index (χ4v) is 3.71. The number of halogens is 2. The van der Waals surface area contributed by atoms with Crippen LogP contribution in [0, 0.1) is 0 Å². The summed E-state index contributed by atoms with van der Waals surface area (Å²) < 4.78 is 84.2. The molecule has 0 saturated heterocycles. The first-order valence-electron chi connectivity index (χ1n) is 8.96. The Bertz CT molecular complexity index is 590. The van der Waals surface area contributed by atoms with E-state index in [4.69, 9.17) is 39.0 Å². The molecule has 0 rings (SSSR count). The highest BCUT2D eigenvalue weighted by molar-refractivity contribution is 7.47. The van der Waals surface area contributed by atoms with Crippen molar-refractivity contribution in [1.29, 1.82) is 0 Å². The van der Waals surface area contributed by atoms with Crippen molar-refractivity contribution in [3.8, 4) is 0 Å². The minimum Gasteiger partial charge on any atom is -0.382 e. The Balaban J connectivity index is 5.30. The van der Waals surface area contributed by atoms with Crippen LogP contribution in [0.4, 0.5) is 8.78 Å². The monoisotopic (exact) mass is 494 g/mol. The lowest BCUT2D eigenvalue weighted by Gasteiger charge is -2.30. The summed E-state index contributed by atoms with van der Waals surface area (Å²) in [4.78, 5) is 19.3. The van der Waals surface area contributed by atoms with Gasteiger partial charge in [0.25, 0.3) is 0 Å². The molecule has 0 heterocycles. The second-order valence-electron chi connectivity index (χ2n) is 6.23. The molecule has 0 amide bonds. The summed E-state index contributed by atoms with van der Waals surface area (Å²) >= 11 is 0. The molecule has 0 aromatic heterocycles. The summed E-state index contributed by atoms with van der Waals surface area (Å²) in [5.74, 6) is 0. The summed E-state index contributed by atoms with van der Waals surface area (Å²) in [6.45, 7) is -0.933. The number of phosphoric acid groups is 2. The summed E-state index contributed by atoms with van der Waals surface area (Å²) in [5, 5.41) is 0. The molecule has 0 spiro atoms.